The first-order valence-electron chi connectivity index (χ1n) is 1.33. The predicted molar refractivity (Wildman–Crippen MR) is 26.7 cm³/mol. The summed E-state index contributed by atoms with van der Waals surface area (Å²) in [6, 6.07) is 0. The number of rotatable bonds is 0. The molecule has 0 saturated heterocycles. The zero-order chi connectivity index (χ0) is 9.00. The number of hydrogen-bond donors (Lipinski definition) is 0. The van der Waals surface area contributed by atoms with E-state index in [-0.39, 0.29) is 59.7 Å². The molecule has 0 heterocycles. The van der Waals surface area contributed by atoms with E-state index < -0.39 is 20.8 Å². The van der Waals surface area contributed by atoms with Crippen molar-refractivity contribution in [1.82, 2.24) is 0 Å². The fourth-order valence-electron chi connectivity index (χ4n) is 0. The fourth-order valence-corrected chi connectivity index (χ4v) is 0. The molecule has 0 N–H and O–H groups in total. The van der Waals surface area contributed by atoms with Crippen LogP contribution < -0.4 is 0 Å². The average Bonchev–Trinajstić information content (AvgIpc) is 1.12. The van der Waals surface area contributed by atoms with E-state index in [1.807, 2.05) is 0 Å². The van der Waals surface area contributed by atoms with Crippen molar-refractivity contribution in [2.75, 3.05) is 0 Å². The van der Waals surface area contributed by atoms with Crippen LogP contribution in [0.1, 0.15) is 0 Å². The zero-order valence-electron chi connectivity index (χ0n) is 5.01. The van der Waals surface area contributed by atoms with Crippen LogP contribution in [0.25, 0.3) is 0 Å². The Balaban J connectivity index is -0.0000000457. The molecule has 69 valence electrons. The molecule has 0 rings (SSSR count). The molecule has 0 aliphatic carbocycles. The normalized spacial score (nSPS) is 9.67. The third kappa shape index (κ3) is 463. The summed E-state index contributed by atoms with van der Waals surface area (Å²) >= 11 is 0. The van der Waals surface area contributed by atoms with Gasteiger partial charge in [-0.2, -0.15) is 0 Å². The molecule has 0 saturated carbocycles. The van der Waals surface area contributed by atoms with Gasteiger partial charge in [0, 0.05) is 20.8 Å². The van der Waals surface area contributed by atoms with Crippen LogP contribution in [0.2, 0.25) is 0 Å². The van der Waals surface area contributed by atoms with Crippen molar-refractivity contribution in [2.45, 2.75) is 0 Å². The maximum absolute atomic E-state index is 8.52. The van der Waals surface area contributed by atoms with Crippen molar-refractivity contribution >= 4 is 40.6 Å². The zero-order valence-corrected chi connectivity index (χ0v) is 11.3. The SMILES string of the molecule is O=S(=O)([O-])[O-].O=S(=O)([O-])[O-].[Ga+3].[Gd+3]. The number of hydrogen-bond acceptors (Lipinski definition) is 8. The van der Waals surface area contributed by atoms with E-state index in [0.717, 1.165) is 0 Å². The minimum atomic E-state index is -5.17. The largest absolute Gasteiger partial charge is 3.00 e. The monoisotopic (exact) mass is 419 g/mol. The maximum atomic E-state index is 8.52. The minimum absolute atomic E-state index is 0. The topological polar surface area (TPSA) is 161 Å². The Morgan fingerprint density at radius 2 is 0.667 bits per heavy atom. The molecule has 0 aromatic heterocycles. The smallest absolute Gasteiger partial charge is 0.759 e. The van der Waals surface area contributed by atoms with E-state index in [0.29, 0.717) is 0 Å². The molecule has 0 aliphatic rings. The van der Waals surface area contributed by atoms with Crippen LogP contribution in [0.15, 0.2) is 0 Å². The summed E-state index contributed by atoms with van der Waals surface area (Å²) in [7, 11) is -10.3. The summed E-state index contributed by atoms with van der Waals surface area (Å²) in [4.78, 5) is 0. The van der Waals surface area contributed by atoms with Crippen LogP contribution >= 0.6 is 0 Å². The Hall–Kier alpha value is 1.70. The summed E-state index contributed by atoms with van der Waals surface area (Å²) in [6.07, 6.45) is 0. The van der Waals surface area contributed by atoms with Gasteiger partial charge in [0.2, 0.25) is 0 Å². The van der Waals surface area contributed by atoms with E-state index in [1.165, 1.54) is 0 Å². The van der Waals surface area contributed by atoms with Crippen molar-refractivity contribution in [3.05, 3.63) is 0 Å². The Morgan fingerprint density at radius 1 is 0.667 bits per heavy atom. The van der Waals surface area contributed by atoms with Crippen molar-refractivity contribution in [3.8, 4) is 0 Å². The van der Waals surface area contributed by atoms with Crippen molar-refractivity contribution in [3.63, 3.8) is 0 Å². The molecule has 0 unspecified atom stereocenters. The first-order chi connectivity index (χ1) is 4.00. The van der Waals surface area contributed by atoms with Crippen LogP contribution in [0.4, 0.5) is 0 Å². The minimum Gasteiger partial charge on any atom is -0.759 e. The third-order valence-corrected chi connectivity index (χ3v) is 0. The van der Waals surface area contributed by atoms with Crippen LogP contribution in [0.3, 0.4) is 0 Å². The van der Waals surface area contributed by atoms with Crippen LogP contribution in [0, 0.1) is 39.9 Å². The van der Waals surface area contributed by atoms with Crippen LogP contribution in [-0.4, -0.2) is 54.8 Å². The van der Waals surface area contributed by atoms with Crippen molar-refractivity contribution in [2.24, 2.45) is 0 Å². The van der Waals surface area contributed by atoms with Gasteiger partial charge in [0.05, 0.1) is 0 Å². The van der Waals surface area contributed by atoms with Gasteiger partial charge >= 0.3 is 59.7 Å². The Bertz CT molecular complexity index is 213. The van der Waals surface area contributed by atoms with Gasteiger partial charge in [-0.3, -0.25) is 16.8 Å². The van der Waals surface area contributed by atoms with Gasteiger partial charge in [-0.1, -0.05) is 0 Å². The second-order valence-corrected chi connectivity index (χ2v) is 2.45. The molecular formula is GaGdO8S2+2. The summed E-state index contributed by atoms with van der Waals surface area (Å²) in [5, 5.41) is 0. The van der Waals surface area contributed by atoms with Gasteiger partial charge < -0.3 is 18.2 Å². The summed E-state index contributed by atoms with van der Waals surface area (Å²) < 4.78 is 68.2. The molecular weight excluding hydrogens is 419 g/mol. The molecule has 0 aromatic rings. The van der Waals surface area contributed by atoms with Crippen LogP contribution in [0.5, 0.6) is 0 Å². The molecule has 0 bridgehead atoms. The van der Waals surface area contributed by atoms with Gasteiger partial charge in [-0.05, 0) is 0 Å². The second-order valence-electron chi connectivity index (χ2n) is 0.816. The van der Waals surface area contributed by atoms with E-state index in [4.69, 9.17) is 35.0 Å². The first kappa shape index (κ1) is 23.5. The van der Waals surface area contributed by atoms with Gasteiger partial charge in [0.1, 0.15) is 0 Å². The maximum Gasteiger partial charge on any atom is 3.00 e. The molecule has 0 aliphatic heterocycles. The van der Waals surface area contributed by atoms with Crippen LogP contribution in [-0.2, 0) is 20.8 Å². The second kappa shape index (κ2) is 9.26. The Morgan fingerprint density at radius 3 is 0.667 bits per heavy atom. The quantitative estimate of drug-likeness (QED) is 0.227. The average molecular weight is 419 g/mol. The summed E-state index contributed by atoms with van der Waals surface area (Å²) in [5.41, 5.74) is 0. The summed E-state index contributed by atoms with van der Waals surface area (Å²) in [6.45, 7) is 0. The molecule has 0 atom stereocenters. The van der Waals surface area contributed by atoms with E-state index >= 15 is 0 Å². The van der Waals surface area contributed by atoms with E-state index in [1.54, 1.807) is 0 Å². The van der Waals surface area contributed by atoms with Gasteiger partial charge in [0.25, 0.3) is 0 Å². The summed E-state index contributed by atoms with van der Waals surface area (Å²) in [5.74, 6) is 0. The molecule has 12 heavy (non-hydrogen) atoms. The molecule has 0 aromatic carbocycles. The first-order valence-corrected chi connectivity index (χ1v) is 4.00. The predicted octanol–water partition coefficient (Wildman–Crippen LogP) is -3.06. The van der Waals surface area contributed by atoms with E-state index in [2.05, 4.69) is 0 Å². The molecule has 8 nitrogen and oxygen atoms in total. The standard InChI is InChI=1S/Ga.Gd.2H2O4S/c;;2*1-5(2,3)4/h;;2*(H2,1,2,3,4)/q2*+3;;/p-4. The van der Waals surface area contributed by atoms with Crippen molar-refractivity contribution in [1.29, 1.82) is 0 Å². The van der Waals surface area contributed by atoms with Crippen molar-refractivity contribution < 1.29 is 75.0 Å². The van der Waals surface area contributed by atoms with Gasteiger partial charge in [-0.15, -0.1) is 0 Å². The molecule has 1 radical (unpaired) electrons. The van der Waals surface area contributed by atoms with Gasteiger partial charge in [-0.25, -0.2) is 0 Å². The fraction of sp³-hybridized carbons (Fsp3) is 0. The van der Waals surface area contributed by atoms with Gasteiger partial charge in [0.15, 0.2) is 0 Å². The molecule has 0 spiro atoms. The molecule has 12 heteroatoms. The molecule has 0 fully saturated rings. The van der Waals surface area contributed by atoms with E-state index in [9.17, 15) is 0 Å². The Kier molecular flexibility index (Phi) is 18.1. The Labute approximate surface area is 114 Å². The third-order valence-electron chi connectivity index (χ3n) is 0. The molecule has 0 amide bonds.